The first-order chi connectivity index (χ1) is 10.3. The maximum absolute atomic E-state index is 12.9. The molecule has 3 nitrogen and oxygen atoms in total. The zero-order valence-electron chi connectivity index (χ0n) is 12.2. The van der Waals surface area contributed by atoms with E-state index in [9.17, 15) is 4.55 Å². The van der Waals surface area contributed by atoms with Gasteiger partial charge in [0, 0.05) is 37.4 Å². The molecule has 0 radical (unpaired) electrons. The van der Waals surface area contributed by atoms with Crippen LogP contribution in [0.4, 0.5) is 5.69 Å². The van der Waals surface area contributed by atoms with E-state index in [0.29, 0.717) is 0 Å². The molecule has 2 aromatic rings. The van der Waals surface area contributed by atoms with Gasteiger partial charge in [-0.2, -0.15) is 0 Å². The van der Waals surface area contributed by atoms with Crippen LogP contribution in [0.25, 0.3) is 0 Å². The van der Waals surface area contributed by atoms with Crippen molar-refractivity contribution in [2.24, 2.45) is 0 Å². The number of hydrogen-bond donors (Lipinski definition) is 1. The Balaban J connectivity index is 1.94. The van der Waals surface area contributed by atoms with Crippen molar-refractivity contribution < 1.29 is 4.55 Å². The van der Waals surface area contributed by atoms with Crippen LogP contribution in [0, 0.1) is 6.92 Å². The van der Waals surface area contributed by atoms with Crippen LogP contribution < -0.4 is 10.2 Å². The van der Waals surface area contributed by atoms with Gasteiger partial charge in [0.2, 0.25) is 0 Å². The first-order valence-electron chi connectivity index (χ1n) is 7.29. The molecule has 0 bridgehead atoms. The second-order valence-corrected chi connectivity index (χ2v) is 6.74. The minimum atomic E-state index is -1.13. The van der Waals surface area contributed by atoms with Gasteiger partial charge in [-0.25, -0.2) is 0 Å². The molecular weight excluding hydrogens is 280 g/mol. The molecule has 1 fully saturated rings. The summed E-state index contributed by atoms with van der Waals surface area (Å²) < 4.78 is 12.9. The van der Waals surface area contributed by atoms with Gasteiger partial charge in [-0.3, -0.25) is 0 Å². The average molecular weight is 300 g/mol. The van der Waals surface area contributed by atoms with Crippen LogP contribution in [0.3, 0.4) is 0 Å². The fourth-order valence-corrected chi connectivity index (χ4v) is 3.98. The van der Waals surface area contributed by atoms with Crippen molar-refractivity contribution in [2.75, 3.05) is 31.1 Å². The van der Waals surface area contributed by atoms with Crippen molar-refractivity contribution in [3.05, 3.63) is 54.1 Å². The molecule has 0 spiro atoms. The van der Waals surface area contributed by atoms with Crippen molar-refractivity contribution in [3.8, 4) is 0 Å². The predicted molar refractivity (Wildman–Crippen MR) is 87.4 cm³/mol. The molecular formula is C17H20N2OS. The quantitative estimate of drug-likeness (QED) is 0.886. The summed E-state index contributed by atoms with van der Waals surface area (Å²) >= 11 is -1.13. The summed E-state index contributed by atoms with van der Waals surface area (Å²) in [4.78, 5) is 4.10. The highest BCUT2D eigenvalue weighted by atomic mass is 32.2. The van der Waals surface area contributed by atoms with E-state index in [1.165, 1.54) is 0 Å². The molecule has 1 saturated heterocycles. The lowest BCUT2D eigenvalue weighted by molar-refractivity contribution is 0.579. The molecule has 1 aliphatic heterocycles. The highest BCUT2D eigenvalue weighted by Crippen LogP contribution is 2.30. The van der Waals surface area contributed by atoms with E-state index in [0.717, 1.165) is 47.2 Å². The smallest absolute Gasteiger partial charge is 0.181 e. The Kier molecular flexibility index (Phi) is 4.48. The number of hydrogen-bond acceptors (Lipinski definition) is 3. The second-order valence-electron chi connectivity index (χ2n) is 5.29. The molecule has 0 saturated carbocycles. The standard InChI is InChI=1S/C17H20N2OS/c1-14-5-4-6-15(13-14)21(20)17-8-3-2-7-16(17)19-11-9-18-10-12-19/h2-8,13,18H,9-12H2,1H3. The van der Waals surface area contributed by atoms with Gasteiger partial charge in [-0.05, 0) is 36.8 Å². The van der Waals surface area contributed by atoms with Crippen molar-refractivity contribution in [1.29, 1.82) is 0 Å². The van der Waals surface area contributed by atoms with Gasteiger partial charge in [0.15, 0.2) is 9.79 Å². The number of nitrogens with zero attached hydrogens (tertiary/aromatic N) is 1. The molecule has 4 heteroatoms. The fraction of sp³-hybridized carbons (Fsp3) is 0.294. The van der Waals surface area contributed by atoms with Gasteiger partial charge in [0.1, 0.15) is 0 Å². The minimum absolute atomic E-state index is 0.873. The summed E-state index contributed by atoms with van der Waals surface area (Å²) in [7, 11) is 0. The van der Waals surface area contributed by atoms with E-state index >= 15 is 0 Å². The lowest BCUT2D eigenvalue weighted by atomic mass is 10.2. The summed E-state index contributed by atoms with van der Waals surface area (Å²) in [6.45, 7) is 5.91. The number of piperazine rings is 1. The summed E-state index contributed by atoms with van der Waals surface area (Å²) in [5.41, 5.74) is 2.24. The molecule has 0 amide bonds. The van der Waals surface area contributed by atoms with Gasteiger partial charge < -0.3 is 14.8 Å². The van der Waals surface area contributed by atoms with Crippen LogP contribution in [0.1, 0.15) is 5.56 Å². The van der Waals surface area contributed by atoms with Crippen LogP contribution in [0.15, 0.2) is 58.3 Å². The number of anilines is 1. The lowest BCUT2D eigenvalue weighted by Crippen LogP contribution is -2.44. The van der Waals surface area contributed by atoms with Crippen LogP contribution in [-0.2, 0) is 11.2 Å². The Morgan fingerprint density at radius 3 is 2.57 bits per heavy atom. The van der Waals surface area contributed by atoms with Gasteiger partial charge in [0.25, 0.3) is 0 Å². The third-order valence-electron chi connectivity index (χ3n) is 3.73. The Labute approximate surface area is 129 Å². The van der Waals surface area contributed by atoms with E-state index in [-0.39, 0.29) is 0 Å². The SMILES string of the molecule is Cc1cccc([S+]([O-])c2ccccc2N2CCNCC2)c1. The Morgan fingerprint density at radius 2 is 1.81 bits per heavy atom. The van der Waals surface area contributed by atoms with Crippen molar-refractivity contribution in [2.45, 2.75) is 16.7 Å². The fourth-order valence-electron chi connectivity index (χ4n) is 2.64. The third kappa shape index (κ3) is 3.23. The first kappa shape index (κ1) is 14.4. The Hall–Kier alpha value is -1.49. The number of benzene rings is 2. The monoisotopic (exact) mass is 300 g/mol. The topological polar surface area (TPSA) is 38.3 Å². The van der Waals surface area contributed by atoms with Crippen LogP contribution in [0.5, 0.6) is 0 Å². The maximum atomic E-state index is 12.9. The maximum Gasteiger partial charge on any atom is 0.181 e. The van der Waals surface area contributed by atoms with Crippen molar-refractivity contribution >= 4 is 16.9 Å². The largest absolute Gasteiger partial charge is 0.606 e. The summed E-state index contributed by atoms with van der Waals surface area (Å²) in [6, 6.07) is 16.0. The Morgan fingerprint density at radius 1 is 1.05 bits per heavy atom. The van der Waals surface area contributed by atoms with E-state index in [4.69, 9.17) is 0 Å². The number of aryl methyl sites for hydroxylation is 1. The number of rotatable bonds is 3. The molecule has 3 rings (SSSR count). The molecule has 2 aromatic carbocycles. The van der Waals surface area contributed by atoms with E-state index in [2.05, 4.69) is 16.3 Å². The lowest BCUT2D eigenvalue weighted by Gasteiger charge is -2.30. The van der Waals surface area contributed by atoms with Crippen molar-refractivity contribution in [3.63, 3.8) is 0 Å². The van der Waals surface area contributed by atoms with Crippen LogP contribution >= 0.6 is 0 Å². The van der Waals surface area contributed by atoms with E-state index < -0.39 is 11.2 Å². The number of para-hydroxylation sites is 1. The second kappa shape index (κ2) is 6.52. The summed E-state index contributed by atoms with van der Waals surface area (Å²) in [5, 5.41) is 3.35. The van der Waals surface area contributed by atoms with Gasteiger partial charge in [0.05, 0.1) is 5.69 Å². The molecule has 0 aromatic heterocycles. The number of nitrogens with one attached hydrogen (secondary N) is 1. The van der Waals surface area contributed by atoms with Crippen molar-refractivity contribution in [1.82, 2.24) is 5.32 Å². The summed E-state index contributed by atoms with van der Waals surface area (Å²) in [6.07, 6.45) is 0. The molecule has 21 heavy (non-hydrogen) atoms. The zero-order valence-corrected chi connectivity index (χ0v) is 13.0. The van der Waals surface area contributed by atoms with Gasteiger partial charge >= 0.3 is 0 Å². The van der Waals surface area contributed by atoms with Crippen LogP contribution in [-0.4, -0.2) is 30.7 Å². The highest BCUT2D eigenvalue weighted by Gasteiger charge is 2.23. The molecule has 1 N–H and O–H groups in total. The predicted octanol–water partition coefficient (Wildman–Crippen LogP) is 2.57. The third-order valence-corrected chi connectivity index (χ3v) is 5.15. The van der Waals surface area contributed by atoms with Crippen LogP contribution in [0.2, 0.25) is 0 Å². The molecule has 1 atom stereocenters. The molecule has 1 unspecified atom stereocenters. The molecule has 1 heterocycles. The molecule has 110 valence electrons. The molecule has 1 aliphatic rings. The normalized spacial score (nSPS) is 16.8. The Bertz CT molecular complexity index is 611. The molecule has 0 aliphatic carbocycles. The summed E-state index contributed by atoms with van der Waals surface area (Å²) in [5.74, 6) is 0. The van der Waals surface area contributed by atoms with Gasteiger partial charge in [-0.1, -0.05) is 24.3 Å². The average Bonchev–Trinajstić information content (AvgIpc) is 2.55. The minimum Gasteiger partial charge on any atom is -0.606 e. The first-order valence-corrected chi connectivity index (χ1v) is 8.44. The zero-order chi connectivity index (χ0) is 14.7. The van der Waals surface area contributed by atoms with Gasteiger partial charge in [-0.15, -0.1) is 0 Å². The van der Waals surface area contributed by atoms with E-state index in [1.54, 1.807) is 0 Å². The highest BCUT2D eigenvalue weighted by molar-refractivity contribution is 7.91. The van der Waals surface area contributed by atoms with E-state index in [1.807, 2.05) is 49.4 Å².